The summed E-state index contributed by atoms with van der Waals surface area (Å²) in [6, 6.07) is 23.4. The second-order valence-electron chi connectivity index (χ2n) is 10.7. The maximum absolute atomic E-state index is 13.4. The summed E-state index contributed by atoms with van der Waals surface area (Å²) in [5.41, 5.74) is 6.85. The third-order valence-corrected chi connectivity index (χ3v) is 7.35. The number of nitrogens with zero attached hydrogens (tertiary/aromatic N) is 2. The second-order valence-corrected chi connectivity index (χ2v) is 10.7. The van der Waals surface area contributed by atoms with E-state index >= 15 is 0 Å². The number of carbonyl (C=O) groups is 3. The summed E-state index contributed by atoms with van der Waals surface area (Å²) < 4.78 is 17.1. The van der Waals surface area contributed by atoms with Gasteiger partial charge in [0.2, 0.25) is 5.96 Å². The summed E-state index contributed by atoms with van der Waals surface area (Å²) in [4.78, 5) is 46.5. The van der Waals surface area contributed by atoms with E-state index in [9.17, 15) is 14.4 Å². The van der Waals surface area contributed by atoms with Crippen LogP contribution in [0.3, 0.4) is 0 Å². The van der Waals surface area contributed by atoms with Gasteiger partial charge in [-0.15, -0.1) is 0 Å². The number of guanidine groups is 1. The Kier molecular flexibility index (Phi) is 13.2. The number of fused-ring (bicyclic) bond motifs is 2. The molecule has 0 saturated heterocycles. The summed E-state index contributed by atoms with van der Waals surface area (Å²) >= 11 is 0. The van der Waals surface area contributed by atoms with E-state index in [0.29, 0.717) is 30.9 Å². The Morgan fingerprint density at radius 1 is 0.840 bits per heavy atom. The molecular formula is C39H39N5O6. The molecule has 0 spiro atoms. The fourth-order valence-electron chi connectivity index (χ4n) is 5.10. The highest BCUT2D eigenvalue weighted by atomic mass is 16.5. The maximum Gasteiger partial charge on any atom is 0.354 e. The van der Waals surface area contributed by atoms with Gasteiger partial charge in [0.25, 0.3) is 11.8 Å². The highest BCUT2D eigenvalue weighted by Gasteiger charge is 2.21. The number of hydrogen-bond acceptors (Lipinski definition) is 7. The highest BCUT2D eigenvalue weighted by molar-refractivity contribution is 6.10. The van der Waals surface area contributed by atoms with E-state index in [-0.39, 0.29) is 24.0 Å². The van der Waals surface area contributed by atoms with Gasteiger partial charge in [0.1, 0.15) is 29.5 Å². The number of ether oxygens (including phenoxy) is 3. The molecule has 0 radical (unpaired) electrons. The first-order valence-corrected chi connectivity index (χ1v) is 15.7. The van der Waals surface area contributed by atoms with Gasteiger partial charge in [-0.1, -0.05) is 92.0 Å². The number of methoxy groups -OCH3 is 1. The second kappa shape index (κ2) is 18.2. The number of benzene rings is 4. The molecule has 4 aromatic rings. The van der Waals surface area contributed by atoms with Crippen LogP contribution in [-0.2, 0) is 19.1 Å². The Bertz CT molecular complexity index is 2010. The quantitative estimate of drug-likeness (QED) is 0.0260. The smallest absolute Gasteiger partial charge is 0.354 e. The molecule has 0 fully saturated rings. The lowest BCUT2D eigenvalue weighted by Crippen LogP contribution is -2.38. The van der Waals surface area contributed by atoms with Crippen LogP contribution in [0.2, 0.25) is 0 Å². The Morgan fingerprint density at radius 2 is 1.46 bits per heavy atom. The number of allylic oxidation sites excluding steroid dienone is 3. The molecule has 256 valence electrons. The summed E-state index contributed by atoms with van der Waals surface area (Å²) in [6.45, 7) is 10.8. The molecule has 0 bridgehead atoms. The van der Waals surface area contributed by atoms with Crippen LogP contribution in [0.1, 0.15) is 12.8 Å². The lowest BCUT2D eigenvalue weighted by atomic mass is 9.92. The molecule has 4 aromatic carbocycles. The van der Waals surface area contributed by atoms with Gasteiger partial charge in [-0.2, -0.15) is 0 Å². The van der Waals surface area contributed by atoms with E-state index in [1.807, 2.05) is 66.7 Å². The first-order chi connectivity index (χ1) is 24.3. The molecule has 50 heavy (non-hydrogen) atoms. The van der Waals surface area contributed by atoms with Crippen molar-refractivity contribution in [2.24, 2.45) is 15.7 Å². The van der Waals surface area contributed by atoms with Crippen molar-refractivity contribution in [2.45, 2.75) is 12.8 Å². The van der Waals surface area contributed by atoms with Crippen LogP contribution in [0, 0.1) is 0 Å². The summed E-state index contributed by atoms with van der Waals surface area (Å²) in [5, 5.41) is 8.88. The summed E-state index contributed by atoms with van der Waals surface area (Å²) in [5.74, 6) is -1.05. The molecule has 11 nitrogen and oxygen atoms in total. The van der Waals surface area contributed by atoms with Crippen LogP contribution < -0.4 is 25.8 Å². The van der Waals surface area contributed by atoms with Crippen molar-refractivity contribution in [2.75, 3.05) is 26.9 Å². The molecule has 0 atom stereocenters. The first kappa shape index (κ1) is 36.3. The van der Waals surface area contributed by atoms with Crippen molar-refractivity contribution in [3.05, 3.63) is 122 Å². The number of nitrogens with one attached hydrogen (secondary N) is 2. The minimum Gasteiger partial charge on any atom is -0.489 e. The maximum atomic E-state index is 13.4. The summed E-state index contributed by atoms with van der Waals surface area (Å²) in [6.07, 6.45) is 6.61. The first-order valence-electron chi connectivity index (χ1n) is 15.7. The van der Waals surface area contributed by atoms with Crippen molar-refractivity contribution >= 4 is 52.0 Å². The zero-order chi connectivity index (χ0) is 35.9. The topological polar surface area (TPSA) is 154 Å². The van der Waals surface area contributed by atoms with Crippen LogP contribution >= 0.6 is 0 Å². The zero-order valence-electron chi connectivity index (χ0n) is 27.8. The van der Waals surface area contributed by atoms with Crippen LogP contribution in [-0.4, -0.2) is 57.3 Å². The number of carbonyl (C=O) groups excluding carboxylic acids is 3. The monoisotopic (exact) mass is 673 g/mol. The van der Waals surface area contributed by atoms with Gasteiger partial charge in [-0.25, -0.2) is 9.79 Å². The molecule has 0 aliphatic heterocycles. The van der Waals surface area contributed by atoms with Gasteiger partial charge in [0.05, 0.1) is 7.11 Å². The van der Waals surface area contributed by atoms with Gasteiger partial charge in [0, 0.05) is 17.7 Å². The number of nitrogens with two attached hydrogens (primary N) is 1. The van der Waals surface area contributed by atoms with Crippen molar-refractivity contribution in [1.29, 1.82) is 0 Å². The van der Waals surface area contributed by atoms with Crippen molar-refractivity contribution in [3.8, 4) is 22.6 Å². The van der Waals surface area contributed by atoms with Crippen LogP contribution in [0.4, 0.5) is 0 Å². The fourth-order valence-corrected chi connectivity index (χ4v) is 5.10. The van der Waals surface area contributed by atoms with Crippen molar-refractivity contribution in [1.82, 2.24) is 10.6 Å². The molecule has 0 unspecified atom stereocenters. The van der Waals surface area contributed by atoms with Crippen LogP contribution in [0.5, 0.6) is 11.5 Å². The molecule has 11 heteroatoms. The molecule has 0 saturated carbocycles. The predicted molar refractivity (Wildman–Crippen MR) is 198 cm³/mol. The molecule has 2 amide bonds. The van der Waals surface area contributed by atoms with Gasteiger partial charge in [-0.05, 0) is 59.3 Å². The molecule has 0 aromatic heterocycles. The number of unbranched alkanes of at least 4 members (excludes halogenated alkanes) is 1. The lowest BCUT2D eigenvalue weighted by molar-refractivity contribution is -0.137. The van der Waals surface area contributed by atoms with Gasteiger partial charge in [0.15, 0.2) is 6.61 Å². The molecule has 0 heterocycles. The number of amides is 2. The normalized spacial score (nSPS) is 11.8. The van der Waals surface area contributed by atoms with Crippen LogP contribution in [0.25, 0.3) is 32.7 Å². The largest absolute Gasteiger partial charge is 0.489 e. The third kappa shape index (κ3) is 9.32. The minimum absolute atomic E-state index is 0.0469. The number of hydrogen-bond donors (Lipinski definition) is 3. The molecule has 4 N–H and O–H groups in total. The SMILES string of the molecule is C=C/C=C(/NC(=O)/C(=C/CCCN=C(N)N=C)NC(=O)COc1ccc2ccccc2c1-c1c(OCC=C)ccc2ccccc12)C(=O)OC. The minimum atomic E-state index is -0.789. The molecule has 0 aliphatic carbocycles. The number of aliphatic imine (C=N–C) groups is 2. The highest BCUT2D eigenvalue weighted by Crippen LogP contribution is 2.45. The fraction of sp³-hybridized carbons (Fsp3) is 0.154. The Labute approximate surface area is 290 Å². The van der Waals surface area contributed by atoms with Gasteiger partial charge >= 0.3 is 5.97 Å². The van der Waals surface area contributed by atoms with E-state index in [1.54, 1.807) is 12.1 Å². The Hall–Kier alpha value is -6.49. The van der Waals surface area contributed by atoms with E-state index < -0.39 is 24.4 Å². The van der Waals surface area contributed by atoms with Gasteiger partial charge < -0.3 is 30.6 Å². The average Bonchev–Trinajstić information content (AvgIpc) is 3.14. The Balaban J connectivity index is 1.66. The summed E-state index contributed by atoms with van der Waals surface area (Å²) in [7, 11) is 1.18. The van der Waals surface area contributed by atoms with Crippen molar-refractivity contribution < 1.29 is 28.6 Å². The Morgan fingerprint density at radius 3 is 2.04 bits per heavy atom. The zero-order valence-corrected chi connectivity index (χ0v) is 27.8. The van der Waals surface area contributed by atoms with Crippen molar-refractivity contribution in [3.63, 3.8) is 0 Å². The predicted octanol–water partition coefficient (Wildman–Crippen LogP) is 5.76. The molecule has 0 aliphatic rings. The number of rotatable bonds is 16. The molecular weight excluding hydrogens is 634 g/mol. The van der Waals surface area contributed by atoms with E-state index in [4.69, 9.17) is 19.9 Å². The molecule has 4 rings (SSSR count). The average molecular weight is 674 g/mol. The van der Waals surface area contributed by atoms with E-state index in [0.717, 1.165) is 32.7 Å². The third-order valence-electron chi connectivity index (χ3n) is 7.35. The van der Waals surface area contributed by atoms with E-state index in [2.05, 4.69) is 40.5 Å². The number of esters is 1. The van der Waals surface area contributed by atoms with E-state index in [1.165, 1.54) is 25.3 Å². The standard InChI is InChI=1S/C39H39N5O6/c1-5-13-31(38(47)48-4)44-37(46)30(18-11-12-23-42-39(40)41-3)43-34(45)25-50-33-22-20-27-15-8-10-17-29(27)36(33)35-28-16-9-7-14-26(28)19-21-32(35)49-24-6-2/h5-10,13-22H,1-3,11-12,23-25H2,4H3,(H2,40,42)(H,43,45)(H,44,46)/b30-18-,31-13+. The lowest BCUT2D eigenvalue weighted by Gasteiger charge is -2.19. The van der Waals surface area contributed by atoms with Crippen LogP contribution in [0.15, 0.2) is 132 Å². The van der Waals surface area contributed by atoms with Gasteiger partial charge in [-0.3, -0.25) is 14.6 Å².